The number of furan rings is 1. The van der Waals surface area contributed by atoms with Crippen LogP contribution in [0.4, 0.5) is 17.6 Å². The molecule has 2 fully saturated rings. The van der Waals surface area contributed by atoms with Crippen molar-refractivity contribution in [3.8, 4) is 11.3 Å². The van der Waals surface area contributed by atoms with E-state index in [2.05, 4.69) is 33.4 Å². The van der Waals surface area contributed by atoms with Gasteiger partial charge in [0.05, 0.1) is 19.8 Å². The molecule has 1 atom stereocenters. The van der Waals surface area contributed by atoms with Crippen molar-refractivity contribution in [2.75, 3.05) is 48.0 Å². The monoisotopic (exact) mass is 492 g/mol. The molecule has 2 aliphatic heterocycles. The zero-order valence-electron chi connectivity index (χ0n) is 20.1. The number of hydrogen-bond donors (Lipinski definition) is 2. The zero-order valence-corrected chi connectivity index (χ0v) is 20.9. The molecule has 4 heterocycles. The van der Waals surface area contributed by atoms with Gasteiger partial charge in [-0.2, -0.15) is 9.97 Å². The number of thiocarbonyl (C=S) groups is 1. The number of piperidine rings is 1. The summed E-state index contributed by atoms with van der Waals surface area (Å²) in [6, 6.07) is 16.5. The highest BCUT2D eigenvalue weighted by Crippen LogP contribution is 2.27. The van der Waals surface area contributed by atoms with Crippen LogP contribution in [0.5, 0.6) is 0 Å². The molecule has 0 aliphatic carbocycles. The van der Waals surface area contributed by atoms with Gasteiger partial charge in [-0.15, -0.1) is 0 Å². The molecule has 0 amide bonds. The predicted molar refractivity (Wildman–Crippen MR) is 143 cm³/mol. The van der Waals surface area contributed by atoms with Crippen molar-refractivity contribution in [2.45, 2.75) is 38.8 Å². The molecule has 2 aliphatic rings. The standard InChI is InChI=1S/C26H32N6O2S/c1-19-7-5-6-12-32(19)24-17-23(31-13-15-33-16-14-31)28-25(29-24)30-26(35)27-18-21-10-11-22(34-21)20-8-3-2-4-9-20/h2-4,8-11,17,19H,5-7,12-16,18H2,1H3,(H2,27,28,29,30,35)/t19-/m0/s1. The second kappa shape index (κ2) is 11.0. The fraction of sp³-hybridized carbons (Fsp3) is 0.423. The first kappa shape index (κ1) is 23.6. The molecule has 0 unspecified atom stereocenters. The molecule has 0 bridgehead atoms. The summed E-state index contributed by atoms with van der Waals surface area (Å²) in [4.78, 5) is 14.3. The molecule has 184 valence electrons. The maximum Gasteiger partial charge on any atom is 0.232 e. The normalized spacial score (nSPS) is 18.4. The van der Waals surface area contributed by atoms with E-state index in [0.29, 0.717) is 36.9 Å². The SMILES string of the molecule is C[C@H]1CCCCN1c1cc(N2CCOCC2)nc(NC(=S)NCc2ccc(-c3ccccc3)o2)n1. The first-order chi connectivity index (χ1) is 17.2. The van der Waals surface area contributed by atoms with Gasteiger partial charge >= 0.3 is 0 Å². The number of nitrogens with one attached hydrogen (secondary N) is 2. The minimum absolute atomic E-state index is 0.451. The van der Waals surface area contributed by atoms with Crippen LogP contribution in [0, 0.1) is 0 Å². The topological polar surface area (TPSA) is 78.7 Å². The predicted octanol–water partition coefficient (Wildman–Crippen LogP) is 4.44. The van der Waals surface area contributed by atoms with Crippen molar-refractivity contribution in [3.63, 3.8) is 0 Å². The van der Waals surface area contributed by atoms with Crippen molar-refractivity contribution >= 4 is 34.9 Å². The van der Waals surface area contributed by atoms with Crippen LogP contribution in [0.25, 0.3) is 11.3 Å². The highest BCUT2D eigenvalue weighted by Gasteiger charge is 2.23. The number of morpholine rings is 1. The van der Waals surface area contributed by atoms with E-state index in [1.807, 2.05) is 42.5 Å². The van der Waals surface area contributed by atoms with E-state index in [4.69, 9.17) is 31.3 Å². The van der Waals surface area contributed by atoms with E-state index in [-0.39, 0.29) is 0 Å². The summed E-state index contributed by atoms with van der Waals surface area (Å²) in [6.45, 7) is 6.78. The van der Waals surface area contributed by atoms with E-state index < -0.39 is 0 Å². The Kier molecular flexibility index (Phi) is 7.44. The average Bonchev–Trinajstić information content (AvgIpc) is 3.38. The minimum atomic E-state index is 0.451. The van der Waals surface area contributed by atoms with Crippen LogP contribution in [0.15, 0.2) is 52.9 Å². The number of hydrogen-bond acceptors (Lipinski definition) is 7. The van der Waals surface area contributed by atoms with Crippen molar-refractivity contribution in [2.24, 2.45) is 0 Å². The number of anilines is 3. The summed E-state index contributed by atoms with van der Waals surface area (Å²) < 4.78 is 11.5. The molecule has 0 radical (unpaired) electrons. The molecule has 0 saturated carbocycles. The van der Waals surface area contributed by atoms with Crippen LogP contribution in [0.2, 0.25) is 0 Å². The summed E-state index contributed by atoms with van der Waals surface area (Å²) in [5.41, 5.74) is 1.05. The van der Waals surface area contributed by atoms with Gasteiger partial charge in [0, 0.05) is 37.3 Å². The third kappa shape index (κ3) is 5.91. The Bertz CT molecular complexity index is 1130. The molecule has 9 heteroatoms. The lowest BCUT2D eigenvalue weighted by atomic mass is 10.0. The van der Waals surface area contributed by atoms with Gasteiger partial charge < -0.3 is 29.6 Å². The van der Waals surface area contributed by atoms with Gasteiger partial charge in [-0.1, -0.05) is 30.3 Å². The smallest absolute Gasteiger partial charge is 0.232 e. The Morgan fingerprint density at radius 1 is 1.03 bits per heavy atom. The number of nitrogens with zero attached hydrogens (tertiary/aromatic N) is 4. The summed E-state index contributed by atoms with van der Waals surface area (Å²) >= 11 is 5.57. The summed E-state index contributed by atoms with van der Waals surface area (Å²) in [5.74, 6) is 3.99. The fourth-order valence-electron chi connectivity index (χ4n) is 4.56. The molecule has 8 nitrogen and oxygen atoms in total. The number of aromatic nitrogens is 2. The molecule has 2 aromatic heterocycles. The molecule has 5 rings (SSSR count). The maximum atomic E-state index is 5.97. The van der Waals surface area contributed by atoms with Crippen LogP contribution >= 0.6 is 12.2 Å². The quantitative estimate of drug-likeness (QED) is 0.486. The van der Waals surface area contributed by atoms with Crippen LogP contribution in [0.3, 0.4) is 0 Å². The average molecular weight is 493 g/mol. The zero-order chi connectivity index (χ0) is 24.0. The Balaban J connectivity index is 1.28. The first-order valence-electron chi connectivity index (χ1n) is 12.3. The lowest BCUT2D eigenvalue weighted by molar-refractivity contribution is 0.122. The lowest BCUT2D eigenvalue weighted by Crippen LogP contribution is -2.40. The summed E-state index contributed by atoms with van der Waals surface area (Å²) in [6.07, 6.45) is 3.61. The van der Waals surface area contributed by atoms with Gasteiger partial charge in [-0.05, 0) is 50.5 Å². The molecule has 3 aromatic rings. The van der Waals surface area contributed by atoms with Crippen molar-refractivity contribution in [1.82, 2.24) is 15.3 Å². The lowest BCUT2D eigenvalue weighted by Gasteiger charge is -2.35. The van der Waals surface area contributed by atoms with Gasteiger partial charge in [0.1, 0.15) is 23.2 Å². The van der Waals surface area contributed by atoms with E-state index in [9.17, 15) is 0 Å². The second-order valence-electron chi connectivity index (χ2n) is 8.99. The second-order valence-corrected chi connectivity index (χ2v) is 9.39. The maximum absolute atomic E-state index is 5.97. The summed E-state index contributed by atoms with van der Waals surface area (Å²) in [5, 5.41) is 6.87. The highest BCUT2D eigenvalue weighted by molar-refractivity contribution is 7.80. The Hall–Kier alpha value is -3.17. The number of ether oxygens (including phenoxy) is 1. The van der Waals surface area contributed by atoms with Crippen LogP contribution in [0.1, 0.15) is 31.9 Å². The van der Waals surface area contributed by atoms with Crippen molar-refractivity contribution < 1.29 is 9.15 Å². The molecule has 2 N–H and O–H groups in total. The molecule has 2 saturated heterocycles. The van der Waals surface area contributed by atoms with Gasteiger partial charge in [0.15, 0.2) is 5.11 Å². The van der Waals surface area contributed by atoms with Crippen molar-refractivity contribution in [1.29, 1.82) is 0 Å². The van der Waals surface area contributed by atoms with Gasteiger partial charge in [0.2, 0.25) is 5.95 Å². The summed E-state index contributed by atoms with van der Waals surface area (Å²) in [7, 11) is 0. The molecule has 0 spiro atoms. The minimum Gasteiger partial charge on any atom is -0.459 e. The molecule has 1 aromatic carbocycles. The van der Waals surface area contributed by atoms with Gasteiger partial charge in [0.25, 0.3) is 0 Å². The van der Waals surface area contributed by atoms with Gasteiger partial charge in [-0.25, -0.2) is 0 Å². The first-order valence-corrected chi connectivity index (χ1v) is 12.7. The Morgan fingerprint density at radius 2 is 1.83 bits per heavy atom. The Labute approximate surface area is 211 Å². The van der Waals surface area contributed by atoms with E-state index in [1.165, 1.54) is 19.3 Å². The fourth-order valence-corrected chi connectivity index (χ4v) is 4.73. The van der Waals surface area contributed by atoms with Crippen LogP contribution < -0.4 is 20.4 Å². The molecule has 35 heavy (non-hydrogen) atoms. The van der Waals surface area contributed by atoms with Crippen LogP contribution in [-0.4, -0.2) is 54.0 Å². The van der Waals surface area contributed by atoms with E-state index >= 15 is 0 Å². The third-order valence-corrected chi connectivity index (χ3v) is 6.75. The van der Waals surface area contributed by atoms with Crippen molar-refractivity contribution in [3.05, 3.63) is 54.3 Å². The van der Waals surface area contributed by atoms with Crippen LogP contribution in [-0.2, 0) is 11.3 Å². The number of rotatable bonds is 6. The van der Waals surface area contributed by atoms with E-state index in [1.54, 1.807) is 0 Å². The van der Waals surface area contributed by atoms with E-state index in [0.717, 1.165) is 48.4 Å². The highest BCUT2D eigenvalue weighted by atomic mass is 32.1. The van der Waals surface area contributed by atoms with Gasteiger partial charge in [-0.3, -0.25) is 0 Å². The largest absolute Gasteiger partial charge is 0.459 e. The third-order valence-electron chi connectivity index (χ3n) is 6.50. The molecular weight excluding hydrogens is 460 g/mol. The Morgan fingerprint density at radius 3 is 2.63 bits per heavy atom. The molecular formula is C26H32N6O2S. The number of benzene rings is 1.